The number of amidine groups is 1. The van der Waals surface area contributed by atoms with Gasteiger partial charge in [-0.25, -0.2) is 0 Å². The average Bonchev–Trinajstić information content (AvgIpc) is 2.68. The lowest BCUT2D eigenvalue weighted by atomic mass is 10.0. The maximum Gasteiger partial charge on any atom is 0.317 e. The van der Waals surface area contributed by atoms with E-state index in [2.05, 4.69) is 4.99 Å². The van der Waals surface area contributed by atoms with E-state index in [1.165, 1.54) is 6.92 Å². The average molecular weight is 230 g/mol. The molecule has 1 aromatic carbocycles. The molecule has 0 saturated carbocycles. The molecule has 5 heteroatoms. The molecule has 1 heterocycles. The second-order valence-electron chi connectivity index (χ2n) is 3.51. The number of rotatable bonds is 2. The SMILES string of the molecule is C/C(C(=O)c1ccccc1)=C1/OC(N)=NC1=O. The van der Waals surface area contributed by atoms with E-state index in [1.54, 1.807) is 30.3 Å². The first-order valence-corrected chi connectivity index (χ1v) is 4.96. The highest BCUT2D eigenvalue weighted by Gasteiger charge is 2.26. The van der Waals surface area contributed by atoms with Gasteiger partial charge in [-0.05, 0) is 6.92 Å². The summed E-state index contributed by atoms with van der Waals surface area (Å²) in [5.41, 5.74) is 5.94. The summed E-state index contributed by atoms with van der Waals surface area (Å²) in [6.07, 6.45) is 0. The third-order valence-electron chi connectivity index (χ3n) is 2.33. The first-order chi connectivity index (χ1) is 8.09. The van der Waals surface area contributed by atoms with Crippen LogP contribution < -0.4 is 5.73 Å². The monoisotopic (exact) mass is 230 g/mol. The fourth-order valence-electron chi connectivity index (χ4n) is 1.47. The van der Waals surface area contributed by atoms with E-state index in [9.17, 15) is 9.59 Å². The number of allylic oxidation sites excluding steroid dienone is 1. The molecule has 86 valence electrons. The smallest absolute Gasteiger partial charge is 0.317 e. The number of aliphatic imine (C=N–C) groups is 1. The highest BCUT2D eigenvalue weighted by molar-refractivity contribution is 6.15. The maximum atomic E-state index is 12.0. The van der Waals surface area contributed by atoms with Crippen LogP contribution in [0.4, 0.5) is 0 Å². The number of amides is 1. The van der Waals surface area contributed by atoms with Crippen molar-refractivity contribution in [1.82, 2.24) is 0 Å². The first-order valence-electron chi connectivity index (χ1n) is 4.96. The summed E-state index contributed by atoms with van der Waals surface area (Å²) in [6, 6.07) is 8.38. The number of nitrogens with two attached hydrogens (primary N) is 1. The third-order valence-corrected chi connectivity index (χ3v) is 2.33. The molecule has 0 radical (unpaired) electrons. The van der Waals surface area contributed by atoms with Gasteiger partial charge in [-0.1, -0.05) is 30.3 Å². The van der Waals surface area contributed by atoms with E-state index in [0.29, 0.717) is 5.56 Å². The van der Waals surface area contributed by atoms with Crippen LogP contribution in [0.25, 0.3) is 0 Å². The van der Waals surface area contributed by atoms with E-state index in [0.717, 1.165) is 0 Å². The number of hydrogen-bond donors (Lipinski definition) is 1. The fraction of sp³-hybridized carbons (Fsp3) is 0.0833. The van der Waals surface area contributed by atoms with E-state index < -0.39 is 5.91 Å². The largest absolute Gasteiger partial charge is 0.420 e. The summed E-state index contributed by atoms with van der Waals surface area (Å²) >= 11 is 0. The number of hydrogen-bond acceptors (Lipinski definition) is 4. The van der Waals surface area contributed by atoms with E-state index >= 15 is 0 Å². The number of benzene rings is 1. The zero-order valence-corrected chi connectivity index (χ0v) is 9.14. The summed E-state index contributed by atoms with van der Waals surface area (Å²) < 4.78 is 4.91. The predicted octanol–water partition coefficient (Wildman–Crippen LogP) is 1.01. The Labute approximate surface area is 97.6 Å². The molecule has 0 spiro atoms. The van der Waals surface area contributed by atoms with Gasteiger partial charge in [-0.15, -0.1) is 0 Å². The standard InChI is InChI=1S/C12H10N2O3/c1-7(10-11(16)14-12(13)17-10)9(15)8-5-3-2-4-6-8/h2-6H,1H3,(H2,13,14,16)/b10-7-. The minimum Gasteiger partial charge on any atom is -0.420 e. The molecule has 1 aromatic rings. The van der Waals surface area contributed by atoms with Crippen molar-refractivity contribution in [2.24, 2.45) is 10.7 Å². The highest BCUT2D eigenvalue weighted by Crippen LogP contribution is 2.17. The summed E-state index contributed by atoms with van der Waals surface area (Å²) in [5.74, 6) is -1.00. The minimum absolute atomic E-state index is 0.101. The molecule has 5 nitrogen and oxygen atoms in total. The molecule has 0 fully saturated rings. The molecule has 0 atom stereocenters. The molecular formula is C12H10N2O3. The van der Waals surface area contributed by atoms with Gasteiger partial charge in [0, 0.05) is 11.1 Å². The Bertz CT molecular complexity index is 544. The summed E-state index contributed by atoms with van der Waals surface area (Å²) in [6.45, 7) is 1.51. The van der Waals surface area contributed by atoms with Gasteiger partial charge in [0.1, 0.15) is 0 Å². The third kappa shape index (κ3) is 2.08. The molecule has 0 bridgehead atoms. The lowest BCUT2D eigenvalue weighted by Gasteiger charge is -2.03. The predicted molar refractivity (Wildman–Crippen MR) is 61.2 cm³/mol. The van der Waals surface area contributed by atoms with Gasteiger partial charge in [0.15, 0.2) is 5.78 Å². The fourth-order valence-corrected chi connectivity index (χ4v) is 1.47. The van der Waals surface area contributed by atoms with Crippen LogP contribution in [0.1, 0.15) is 17.3 Å². The van der Waals surface area contributed by atoms with Crippen LogP contribution in [0.3, 0.4) is 0 Å². The minimum atomic E-state index is -0.621. The normalized spacial score (nSPS) is 17.5. The molecule has 1 aliphatic heterocycles. The van der Waals surface area contributed by atoms with Crippen molar-refractivity contribution in [2.45, 2.75) is 6.92 Å². The van der Waals surface area contributed by atoms with Crippen molar-refractivity contribution in [1.29, 1.82) is 0 Å². The molecule has 2 rings (SSSR count). The Morgan fingerprint density at radius 2 is 1.94 bits per heavy atom. The molecule has 0 unspecified atom stereocenters. The Hall–Kier alpha value is -2.43. The number of carbonyl (C=O) groups is 2. The van der Waals surface area contributed by atoms with Gasteiger partial charge in [-0.2, -0.15) is 4.99 Å². The molecule has 0 aromatic heterocycles. The summed E-state index contributed by atoms with van der Waals surface area (Å²) in [5, 5.41) is 0. The summed E-state index contributed by atoms with van der Waals surface area (Å²) in [7, 11) is 0. The van der Waals surface area contributed by atoms with Crippen molar-refractivity contribution in [3.05, 3.63) is 47.2 Å². The van der Waals surface area contributed by atoms with Crippen LogP contribution in [0.15, 0.2) is 46.7 Å². The number of ketones is 1. The van der Waals surface area contributed by atoms with Gasteiger partial charge in [0.05, 0.1) is 0 Å². The van der Waals surface area contributed by atoms with E-state index in [1.807, 2.05) is 0 Å². The van der Waals surface area contributed by atoms with Crippen molar-refractivity contribution in [3.63, 3.8) is 0 Å². The van der Waals surface area contributed by atoms with Crippen LogP contribution in [0.5, 0.6) is 0 Å². The number of ether oxygens (including phenoxy) is 1. The van der Waals surface area contributed by atoms with Crippen LogP contribution in [0.2, 0.25) is 0 Å². The zero-order valence-electron chi connectivity index (χ0n) is 9.14. The van der Waals surface area contributed by atoms with Crippen LogP contribution in [0, 0.1) is 0 Å². The topological polar surface area (TPSA) is 81.8 Å². The Kier molecular flexibility index (Phi) is 2.74. The molecule has 1 aliphatic rings. The molecule has 17 heavy (non-hydrogen) atoms. The first kappa shape index (κ1) is 11.1. The number of nitrogens with zero attached hydrogens (tertiary/aromatic N) is 1. The molecule has 1 amide bonds. The molecular weight excluding hydrogens is 220 g/mol. The van der Waals surface area contributed by atoms with E-state index in [-0.39, 0.29) is 23.1 Å². The zero-order chi connectivity index (χ0) is 12.4. The quantitative estimate of drug-likeness (QED) is 0.607. The lowest BCUT2D eigenvalue weighted by molar-refractivity contribution is -0.115. The van der Waals surface area contributed by atoms with Crippen LogP contribution in [-0.2, 0) is 9.53 Å². The highest BCUT2D eigenvalue weighted by atomic mass is 16.5. The van der Waals surface area contributed by atoms with Gasteiger partial charge in [-0.3, -0.25) is 9.59 Å². The van der Waals surface area contributed by atoms with Crippen molar-refractivity contribution < 1.29 is 14.3 Å². The van der Waals surface area contributed by atoms with Crippen molar-refractivity contribution in [2.75, 3.05) is 0 Å². The maximum absolute atomic E-state index is 12.0. The van der Waals surface area contributed by atoms with Crippen molar-refractivity contribution in [3.8, 4) is 0 Å². The van der Waals surface area contributed by atoms with E-state index in [4.69, 9.17) is 10.5 Å². The second kappa shape index (κ2) is 4.21. The number of carbonyl (C=O) groups excluding carboxylic acids is 2. The summed E-state index contributed by atoms with van der Waals surface area (Å²) in [4.78, 5) is 26.8. The van der Waals surface area contributed by atoms with Gasteiger partial charge in [0.2, 0.25) is 5.76 Å². The lowest BCUT2D eigenvalue weighted by Crippen LogP contribution is -2.12. The van der Waals surface area contributed by atoms with Crippen molar-refractivity contribution >= 4 is 17.7 Å². The van der Waals surface area contributed by atoms with Gasteiger partial charge < -0.3 is 10.5 Å². The number of Topliss-reactive ketones (excluding diaryl/α,β-unsaturated/α-hetero) is 1. The Morgan fingerprint density at radius 1 is 1.29 bits per heavy atom. The molecule has 0 saturated heterocycles. The molecule has 2 N–H and O–H groups in total. The van der Waals surface area contributed by atoms with Crippen LogP contribution >= 0.6 is 0 Å². The van der Waals surface area contributed by atoms with Gasteiger partial charge in [0.25, 0.3) is 6.02 Å². The second-order valence-corrected chi connectivity index (χ2v) is 3.51. The Balaban J connectivity index is 2.34. The molecule has 0 aliphatic carbocycles. The Morgan fingerprint density at radius 3 is 2.47 bits per heavy atom. The van der Waals surface area contributed by atoms with Gasteiger partial charge >= 0.3 is 5.91 Å². The van der Waals surface area contributed by atoms with Crippen LogP contribution in [-0.4, -0.2) is 17.7 Å².